The molecule has 140 valence electrons. The number of aliphatic hydroxyl groups is 2. The molecule has 0 heterocycles. The molecule has 10 unspecified atom stereocenters. The monoisotopic (exact) mass is 352 g/mol. The molecule has 0 aliphatic heterocycles. The molecule has 2 N–H and O–H groups in total. The first-order valence-electron chi connectivity index (χ1n) is 12.0. The topological polar surface area (TPSA) is 40.5 Å². The van der Waals surface area contributed by atoms with E-state index < -0.39 is 11.2 Å². The maximum atomic E-state index is 12.6. The van der Waals surface area contributed by atoms with Gasteiger partial charge in [-0.1, -0.05) is 12.8 Å². The minimum Gasteiger partial charge on any atom is -0.389 e. The van der Waals surface area contributed by atoms with Crippen molar-refractivity contribution in [2.24, 2.45) is 57.2 Å². The first-order chi connectivity index (χ1) is 12.6. The van der Waals surface area contributed by atoms with Gasteiger partial charge in [0.2, 0.25) is 0 Å². The summed E-state index contributed by atoms with van der Waals surface area (Å²) in [4.78, 5) is 0. The Morgan fingerprint density at radius 1 is 0.538 bits per heavy atom. The highest BCUT2D eigenvalue weighted by Gasteiger charge is 3.06. The Kier molecular flexibility index (Phi) is 1.77. The van der Waals surface area contributed by atoms with E-state index in [-0.39, 0.29) is 16.7 Å². The summed E-state index contributed by atoms with van der Waals surface area (Å²) < 4.78 is 0. The van der Waals surface area contributed by atoms with Crippen LogP contribution in [0.5, 0.6) is 0 Å². The number of rotatable bonds is 0. The van der Waals surface area contributed by atoms with Crippen molar-refractivity contribution < 1.29 is 10.2 Å². The Hall–Kier alpha value is -0.0800. The van der Waals surface area contributed by atoms with E-state index in [0.717, 1.165) is 30.6 Å². The van der Waals surface area contributed by atoms with Gasteiger partial charge >= 0.3 is 0 Å². The minimum absolute atomic E-state index is 0.229. The Morgan fingerprint density at radius 3 is 1.62 bits per heavy atom. The van der Waals surface area contributed by atoms with Crippen LogP contribution >= 0.6 is 0 Å². The second kappa shape index (κ2) is 3.28. The lowest BCUT2D eigenvalue weighted by Crippen LogP contribution is -2.76. The van der Waals surface area contributed by atoms with Crippen molar-refractivity contribution >= 4 is 0 Å². The van der Waals surface area contributed by atoms with E-state index in [1.807, 2.05) is 0 Å². The number of hydrogen-bond acceptors (Lipinski definition) is 2. The van der Waals surface area contributed by atoms with Crippen LogP contribution in [0.1, 0.15) is 77.0 Å². The predicted octanol–water partition coefficient (Wildman–Crippen LogP) is 3.90. The molecular formula is C24H32O2. The van der Waals surface area contributed by atoms with Gasteiger partial charge in [-0.2, -0.15) is 0 Å². The van der Waals surface area contributed by atoms with Crippen molar-refractivity contribution in [3.05, 3.63) is 0 Å². The van der Waals surface area contributed by atoms with Gasteiger partial charge in [0.05, 0.1) is 11.2 Å². The first-order valence-corrected chi connectivity index (χ1v) is 12.0. The van der Waals surface area contributed by atoms with Crippen LogP contribution < -0.4 is 0 Å². The van der Waals surface area contributed by atoms with Crippen molar-refractivity contribution in [2.45, 2.75) is 88.3 Å². The second-order valence-electron chi connectivity index (χ2n) is 12.6. The lowest BCUT2D eigenvalue weighted by molar-refractivity contribution is -0.328. The molecule has 0 aromatic rings. The molecule has 2 heteroatoms. The van der Waals surface area contributed by atoms with E-state index in [1.54, 1.807) is 0 Å². The third-order valence-electron chi connectivity index (χ3n) is 13.8. The Balaban J connectivity index is 1.53. The van der Waals surface area contributed by atoms with Gasteiger partial charge in [0, 0.05) is 16.7 Å². The summed E-state index contributed by atoms with van der Waals surface area (Å²) >= 11 is 0. The van der Waals surface area contributed by atoms with Crippen molar-refractivity contribution in [1.29, 1.82) is 0 Å². The van der Waals surface area contributed by atoms with E-state index in [2.05, 4.69) is 0 Å². The molecule has 9 rings (SSSR count). The van der Waals surface area contributed by atoms with Crippen LogP contribution in [0.3, 0.4) is 0 Å². The molecule has 0 spiro atoms. The summed E-state index contributed by atoms with van der Waals surface area (Å²) in [5, 5.41) is 25.2. The summed E-state index contributed by atoms with van der Waals surface area (Å²) in [6.45, 7) is 0. The van der Waals surface area contributed by atoms with Crippen molar-refractivity contribution in [2.75, 3.05) is 0 Å². The Labute approximate surface area is 156 Å². The number of fused-ring (bicyclic) bond motifs is 4. The van der Waals surface area contributed by atoms with Gasteiger partial charge in [0.1, 0.15) is 0 Å². The summed E-state index contributed by atoms with van der Waals surface area (Å²) in [5.74, 6) is 4.36. The largest absolute Gasteiger partial charge is 0.389 e. The van der Waals surface area contributed by atoms with Gasteiger partial charge in [-0.05, 0) is 105 Å². The second-order valence-corrected chi connectivity index (χ2v) is 12.6. The average Bonchev–Trinajstić information content (AvgIpc) is 2.89. The normalized spacial score (nSPS) is 80.5. The molecule has 26 heavy (non-hydrogen) atoms. The SMILES string of the molecule is O[C@@]12CCCC34C5CCCC31C1C5C3CCCC15C31CCC[C@]5(O)C2C41. The maximum absolute atomic E-state index is 12.6. The molecule has 9 saturated carbocycles. The smallest absolute Gasteiger partial charge is 0.0770 e. The zero-order chi connectivity index (χ0) is 16.9. The highest BCUT2D eigenvalue weighted by Crippen LogP contribution is 3.06. The Bertz CT molecular complexity index is 746. The molecule has 9 aliphatic carbocycles. The molecule has 2 nitrogen and oxygen atoms in total. The first kappa shape index (κ1) is 14.0. The van der Waals surface area contributed by atoms with E-state index in [1.165, 1.54) is 64.2 Å². The molecule has 9 aliphatic rings. The zero-order valence-electron chi connectivity index (χ0n) is 15.8. The van der Waals surface area contributed by atoms with Crippen LogP contribution in [0.4, 0.5) is 0 Å². The fourth-order valence-electron chi connectivity index (χ4n) is 15.2. The van der Waals surface area contributed by atoms with Crippen LogP contribution in [-0.2, 0) is 0 Å². The fourth-order valence-corrected chi connectivity index (χ4v) is 15.2. The van der Waals surface area contributed by atoms with Crippen molar-refractivity contribution in [3.63, 3.8) is 0 Å². The van der Waals surface area contributed by atoms with E-state index in [9.17, 15) is 10.2 Å². The molecule has 0 amide bonds. The van der Waals surface area contributed by atoms with Gasteiger partial charge in [-0.25, -0.2) is 0 Å². The maximum Gasteiger partial charge on any atom is 0.0770 e. The third-order valence-corrected chi connectivity index (χ3v) is 13.8. The highest BCUT2D eigenvalue weighted by molar-refractivity contribution is 5.53. The standard InChI is InChI=1S/C24H32O2/c25-23-11-3-7-19-13-5-1-9-21(19,23)16-15(13)14-6-2-10-22(16)20(14)8-4-12-24(22,26)18(23)17(19)20/h13-18,25-26H,1-12H2/t13?,14?,15?,16?,17?,18?,19?,20?,21?,22?,23-,24+. The van der Waals surface area contributed by atoms with Crippen LogP contribution in [0.25, 0.3) is 0 Å². The molecule has 0 aromatic carbocycles. The van der Waals surface area contributed by atoms with E-state index >= 15 is 0 Å². The molecule has 0 aromatic heterocycles. The van der Waals surface area contributed by atoms with Crippen LogP contribution in [0.2, 0.25) is 0 Å². The van der Waals surface area contributed by atoms with Gasteiger partial charge in [0.25, 0.3) is 0 Å². The quantitative estimate of drug-likeness (QED) is 0.694. The van der Waals surface area contributed by atoms with Crippen LogP contribution in [0, 0.1) is 57.2 Å². The molecule has 9 fully saturated rings. The van der Waals surface area contributed by atoms with Gasteiger partial charge in [0.15, 0.2) is 0 Å². The Morgan fingerprint density at radius 2 is 1.08 bits per heavy atom. The minimum atomic E-state index is -0.506. The summed E-state index contributed by atoms with van der Waals surface area (Å²) in [5.41, 5.74) is 0.344. The van der Waals surface area contributed by atoms with Crippen molar-refractivity contribution in [1.82, 2.24) is 0 Å². The van der Waals surface area contributed by atoms with Gasteiger partial charge < -0.3 is 10.2 Å². The summed E-state index contributed by atoms with van der Waals surface area (Å²) in [7, 11) is 0. The van der Waals surface area contributed by atoms with Gasteiger partial charge in [-0.15, -0.1) is 0 Å². The fraction of sp³-hybridized carbons (Fsp3) is 1.00. The lowest BCUT2D eigenvalue weighted by atomic mass is 9.30. The third kappa shape index (κ3) is 0.744. The summed E-state index contributed by atoms with van der Waals surface area (Å²) in [6.07, 6.45) is 15.6. The summed E-state index contributed by atoms with van der Waals surface area (Å²) in [6, 6.07) is 0. The van der Waals surface area contributed by atoms with E-state index in [0.29, 0.717) is 22.7 Å². The van der Waals surface area contributed by atoms with Crippen molar-refractivity contribution in [3.8, 4) is 0 Å². The predicted molar refractivity (Wildman–Crippen MR) is 96.0 cm³/mol. The number of hydrogen-bond donors (Lipinski definition) is 2. The van der Waals surface area contributed by atoms with E-state index in [4.69, 9.17) is 0 Å². The molecule has 10 bridgehead atoms. The van der Waals surface area contributed by atoms with Crippen LogP contribution in [0.15, 0.2) is 0 Å². The van der Waals surface area contributed by atoms with Crippen LogP contribution in [-0.4, -0.2) is 21.4 Å². The van der Waals surface area contributed by atoms with Gasteiger partial charge in [-0.3, -0.25) is 0 Å². The zero-order valence-corrected chi connectivity index (χ0v) is 15.8. The lowest BCUT2D eigenvalue weighted by Gasteiger charge is -2.75. The molecule has 0 saturated heterocycles. The highest BCUT2D eigenvalue weighted by atomic mass is 16.3. The molecule has 0 radical (unpaired) electrons. The molecule has 12 atom stereocenters. The average molecular weight is 353 g/mol. The molecular weight excluding hydrogens is 320 g/mol.